The number of carbonyl (C=O) groups excluding carboxylic acids is 2. The lowest BCUT2D eigenvalue weighted by atomic mass is 10.1. The zero-order valence-electron chi connectivity index (χ0n) is 12.8. The Kier molecular flexibility index (Phi) is 6.53. The van der Waals surface area contributed by atoms with Gasteiger partial charge in [0.1, 0.15) is 0 Å². The molecule has 0 aromatic rings. The highest BCUT2D eigenvalue weighted by Crippen LogP contribution is 2.32. The van der Waals surface area contributed by atoms with Crippen molar-refractivity contribution in [3.05, 3.63) is 11.8 Å². The van der Waals surface area contributed by atoms with Crippen molar-refractivity contribution in [3.8, 4) is 0 Å². The molecule has 1 aliphatic heterocycles. The molecular formula is C14H27NO2Si. The molecule has 0 aromatic heterocycles. The van der Waals surface area contributed by atoms with E-state index in [1.165, 1.54) is 0 Å². The predicted molar refractivity (Wildman–Crippen MR) is 79.2 cm³/mol. The number of allylic oxidation sites excluding steroid dienone is 2. The topological polar surface area (TPSA) is 37.4 Å². The summed E-state index contributed by atoms with van der Waals surface area (Å²) in [4.78, 5) is 25.2. The van der Waals surface area contributed by atoms with Gasteiger partial charge in [-0.05, 0) is 6.92 Å². The summed E-state index contributed by atoms with van der Waals surface area (Å²) in [6.45, 7) is 14.6. The highest BCUT2D eigenvalue weighted by atomic mass is 28.3. The summed E-state index contributed by atoms with van der Waals surface area (Å²) >= 11 is 0. The zero-order chi connectivity index (χ0) is 14.5. The van der Waals surface area contributed by atoms with Gasteiger partial charge < -0.3 is 4.90 Å². The van der Waals surface area contributed by atoms with Gasteiger partial charge in [-0.2, -0.15) is 0 Å². The Morgan fingerprint density at radius 3 is 2.33 bits per heavy atom. The molecule has 0 radical (unpaired) electrons. The monoisotopic (exact) mass is 269 g/mol. The molecule has 1 rings (SSSR count). The van der Waals surface area contributed by atoms with Crippen molar-refractivity contribution in [1.29, 1.82) is 0 Å². The number of hydrogen-bond acceptors (Lipinski definition) is 2. The quantitative estimate of drug-likeness (QED) is 0.720. The Balaban J connectivity index is 0.00000137. The summed E-state index contributed by atoms with van der Waals surface area (Å²) < 4.78 is 0. The first-order valence-electron chi connectivity index (χ1n) is 6.80. The fourth-order valence-corrected chi connectivity index (χ4v) is 4.08. The van der Waals surface area contributed by atoms with Crippen molar-refractivity contribution in [2.75, 3.05) is 6.54 Å². The first-order valence-corrected chi connectivity index (χ1v) is 10.1. The molecule has 1 atom stereocenters. The molecule has 0 spiro atoms. The van der Waals surface area contributed by atoms with Crippen LogP contribution in [0, 0.1) is 0 Å². The van der Waals surface area contributed by atoms with Crippen LogP contribution in [-0.4, -0.2) is 31.2 Å². The van der Waals surface area contributed by atoms with Crippen LogP contribution in [0.2, 0.25) is 24.7 Å². The van der Waals surface area contributed by atoms with Crippen LogP contribution >= 0.6 is 0 Å². The van der Waals surface area contributed by atoms with E-state index in [-0.39, 0.29) is 17.2 Å². The van der Waals surface area contributed by atoms with Gasteiger partial charge in [0.15, 0.2) is 5.78 Å². The molecule has 1 amide bonds. The standard InChI is InChI=1S/C12H21NO2Si.C2H6/c1-6-16(4,5)12-8-13(10(3)14)9(2)7-11(12)15;1-2/h7,12H,6,8H2,1-5H3;1-2H3. The fourth-order valence-electron chi connectivity index (χ4n) is 2.06. The third kappa shape index (κ3) is 3.80. The number of rotatable bonds is 2. The van der Waals surface area contributed by atoms with Gasteiger partial charge in [0.2, 0.25) is 5.91 Å². The summed E-state index contributed by atoms with van der Waals surface area (Å²) in [6.07, 6.45) is 1.64. The lowest BCUT2D eigenvalue weighted by Gasteiger charge is -2.37. The van der Waals surface area contributed by atoms with Crippen molar-refractivity contribution in [3.63, 3.8) is 0 Å². The van der Waals surface area contributed by atoms with Gasteiger partial charge >= 0.3 is 0 Å². The molecule has 4 heteroatoms. The third-order valence-electron chi connectivity index (χ3n) is 3.72. The third-order valence-corrected chi connectivity index (χ3v) is 7.90. The number of hydrogen-bond donors (Lipinski definition) is 0. The van der Waals surface area contributed by atoms with Gasteiger partial charge in [-0.1, -0.05) is 39.9 Å². The van der Waals surface area contributed by atoms with Gasteiger partial charge in [0.25, 0.3) is 0 Å². The van der Waals surface area contributed by atoms with Crippen LogP contribution in [-0.2, 0) is 9.59 Å². The lowest BCUT2D eigenvalue weighted by Crippen LogP contribution is -2.46. The van der Waals surface area contributed by atoms with Gasteiger partial charge in [-0.25, -0.2) is 0 Å². The molecule has 0 aromatic carbocycles. The first-order chi connectivity index (χ1) is 8.29. The maximum Gasteiger partial charge on any atom is 0.223 e. The second-order valence-electron chi connectivity index (χ2n) is 5.21. The largest absolute Gasteiger partial charge is 0.316 e. The van der Waals surface area contributed by atoms with Crippen LogP contribution in [0.1, 0.15) is 34.6 Å². The summed E-state index contributed by atoms with van der Waals surface area (Å²) in [5.74, 6) is 0.251. The van der Waals surface area contributed by atoms with E-state index in [0.29, 0.717) is 6.54 Å². The van der Waals surface area contributed by atoms with Crippen LogP contribution in [0.3, 0.4) is 0 Å². The minimum atomic E-state index is -1.54. The van der Waals surface area contributed by atoms with E-state index in [1.54, 1.807) is 17.9 Å². The minimum absolute atomic E-state index is 0.0344. The van der Waals surface area contributed by atoms with E-state index >= 15 is 0 Å². The molecule has 1 heterocycles. The molecule has 3 nitrogen and oxygen atoms in total. The van der Waals surface area contributed by atoms with Crippen LogP contribution in [0.4, 0.5) is 0 Å². The Labute approximate surface area is 112 Å². The van der Waals surface area contributed by atoms with Gasteiger partial charge in [0, 0.05) is 30.8 Å². The number of carbonyl (C=O) groups is 2. The molecule has 0 aliphatic carbocycles. The van der Waals surface area contributed by atoms with Crippen molar-refractivity contribution in [2.45, 2.75) is 59.3 Å². The molecule has 0 bridgehead atoms. The maximum atomic E-state index is 12.0. The summed E-state index contributed by atoms with van der Waals surface area (Å²) in [7, 11) is -1.54. The summed E-state index contributed by atoms with van der Waals surface area (Å²) in [6, 6.07) is 1.07. The first kappa shape index (κ1) is 17.1. The summed E-state index contributed by atoms with van der Waals surface area (Å²) in [5, 5.41) is 0. The van der Waals surface area contributed by atoms with Crippen molar-refractivity contribution < 1.29 is 9.59 Å². The van der Waals surface area contributed by atoms with Gasteiger partial charge in [0.05, 0.1) is 8.07 Å². The number of nitrogens with zero attached hydrogens (tertiary/aromatic N) is 1. The molecule has 18 heavy (non-hydrogen) atoms. The van der Waals surface area contributed by atoms with E-state index < -0.39 is 8.07 Å². The molecule has 0 saturated carbocycles. The Morgan fingerprint density at radius 1 is 1.44 bits per heavy atom. The molecular weight excluding hydrogens is 242 g/mol. The Morgan fingerprint density at radius 2 is 1.94 bits per heavy atom. The average molecular weight is 269 g/mol. The van der Waals surface area contributed by atoms with Gasteiger partial charge in [-0.15, -0.1) is 0 Å². The molecule has 0 N–H and O–H groups in total. The maximum absolute atomic E-state index is 12.0. The molecule has 0 fully saturated rings. The lowest BCUT2D eigenvalue weighted by molar-refractivity contribution is -0.128. The highest BCUT2D eigenvalue weighted by Gasteiger charge is 2.39. The fraction of sp³-hybridized carbons (Fsp3) is 0.714. The minimum Gasteiger partial charge on any atom is -0.316 e. The van der Waals surface area contributed by atoms with E-state index in [0.717, 1.165) is 11.7 Å². The predicted octanol–water partition coefficient (Wildman–Crippen LogP) is 3.45. The van der Waals surface area contributed by atoms with E-state index in [4.69, 9.17) is 0 Å². The highest BCUT2D eigenvalue weighted by molar-refractivity contribution is 6.82. The Bertz CT molecular complexity index is 348. The van der Waals surface area contributed by atoms with Crippen LogP contribution < -0.4 is 0 Å². The van der Waals surface area contributed by atoms with Gasteiger partial charge in [-0.3, -0.25) is 9.59 Å². The van der Waals surface area contributed by atoms with E-state index in [1.807, 2.05) is 20.8 Å². The SMILES string of the molecule is CC.CC[Si](C)(C)C1CN(C(C)=O)C(C)=CC1=O. The molecule has 104 valence electrons. The summed E-state index contributed by atoms with van der Waals surface area (Å²) in [5.41, 5.74) is 0.847. The molecule has 1 unspecified atom stereocenters. The molecule has 0 saturated heterocycles. The van der Waals surface area contributed by atoms with E-state index in [9.17, 15) is 9.59 Å². The van der Waals surface area contributed by atoms with Crippen LogP contribution in [0.15, 0.2) is 11.8 Å². The smallest absolute Gasteiger partial charge is 0.223 e. The normalized spacial score (nSPS) is 19.9. The Hall–Kier alpha value is -0.903. The van der Waals surface area contributed by atoms with Crippen molar-refractivity contribution in [2.24, 2.45) is 0 Å². The van der Waals surface area contributed by atoms with Crippen molar-refractivity contribution >= 4 is 19.8 Å². The average Bonchev–Trinajstić information content (AvgIpc) is 2.30. The van der Waals surface area contributed by atoms with Crippen molar-refractivity contribution in [1.82, 2.24) is 4.90 Å². The number of ketones is 1. The number of amides is 1. The van der Waals surface area contributed by atoms with E-state index in [2.05, 4.69) is 20.0 Å². The second kappa shape index (κ2) is 6.88. The van der Waals surface area contributed by atoms with Crippen LogP contribution in [0.25, 0.3) is 0 Å². The zero-order valence-corrected chi connectivity index (χ0v) is 13.8. The second-order valence-corrected chi connectivity index (χ2v) is 10.6. The molecule has 1 aliphatic rings. The van der Waals surface area contributed by atoms with Crippen LogP contribution in [0.5, 0.6) is 0 Å².